The van der Waals surface area contributed by atoms with Crippen molar-refractivity contribution in [1.82, 2.24) is 5.32 Å². The molecule has 1 aliphatic rings. The number of ether oxygens (including phenoxy) is 2. The molecule has 0 aromatic heterocycles. The van der Waals surface area contributed by atoms with Gasteiger partial charge in [-0.05, 0) is 32.3 Å². The van der Waals surface area contributed by atoms with Gasteiger partial charge in [-0.2, -0.15) is 0 Å². The van der Waals surface area contributed by atoms with Crippen molar-refractivity contribution in [2.75, 3.05) is 13.2 Å². The fourth-order valence-electron chi connectivity index (χ4n) is 2.24. The molecule has 2 rings (SSSR count). The molecule has 0 bridgehead atoms. The van der Waals surface area contributed by atoms with E-state index in [2.05, 4.69) is 37.4 Å². The molecule has 1 heterocycles. The molecule has 0 radical (unpaired) electrons. The number of hydrogen-bond donors (Lipinski definition) is 1. The average molecular weight is 263 g/mol. The van der Waals surface area contributed by atoms with Crippen LogP contribution in [0.2, 0.25) is 0 Å². The summed E-state index contributed by atoms with van der Waals surface area (Å²) in [4.78, 5) is 0. The Labute approximate surface area is 116 Å². The number of nitrogens with one attached hydrogen (secondary N) is 1. The molecule has 1 fully saturated rings. The van der Waals surface area contributed by atoms with Gasteiger partial charge >= 0.3 is 0 Å². The molecular formula is C16H25NO2. The Morgan fingerprint density at radius 1 is 1.42 bits per heavy atom. The first-order valence-corrected chi connectivity index (χ1v) is 7.36. The number of rotatable bonds is 7. The first-order chi connectivity index (χ1) is 9.29. The van der Waals surface area contributed by atoms with Crippen LogP contribution < -0.4 is 10.1 Å². The summed E-state index contributed by atoms with van der Waals surface area (Å²) in [6.45, 7) is 6.93. The number of benzene rings is 1. The first-order valence-electron chi connectivity index (χ1n) is 7.36. The van der Waals surface area contributed by atoms with Gasteiger partial charge in [0.2, 0.25) is 0 Å². The van der Waals surface area contributed by atoms with E-state index in [9.17, 15) is 0 Å². The normalized spacial score (nSPS) is 20.4. The van der Waals surface area contributed by atoms with Crippen LogP contribution in [0.1, 0.15) is 38.7 Å². The molecule has 106 valence electrons. The molecule has 3 heteroatoms. The topological polar surface area (TPSA) is 30.5 Å². The minimum Gasteiger partial charge on any atom is -0.490 e. The molecule has 3 nitrogen and oxygen atoms in total. The van der Waals surface area contributed by atoms with Gasteiger partial charge in [0, 0.05) is 25.3 Å². The van der Waals surface area contributed by atoms with Gasteiger partial charge in [-0.3, -0.25) is 0 Å². The highest BCUT2D eigenvalue weighted by Crippen LogP contribution is 2.20. The summed E-state index contributed by atoms with van der Waals surface area (Å²) in [6.07, 6.45) is 4.05. The third-order valence-corrected chi connectivity index (χ3v) is 3.59. The average Bonchev–Trinajstić information content (AvgIpc) is 2.94. The van der Waals surface area contributed by atoms with Crippen LogP contribution in [0, 0.1) is 0 Å². The summed E-state index contributed by atoms with van der Waals surface area (Å²) < 4.78 is 11.6. The van der Waals surface area contributed by atoms with E-state index >= 15 is 0 Å². The molecule has 0 unspecified atom stereocenters. The predicted molar refractivity (Wildman–Crippen MR) is 77.5 cm³/mol. The molecule has 0 amide bonds. The zero-order valence-corrected chi connectivity index (χ0v) is 12.0. The standard InChI is InChI=1S/C16H25NO2/c1-3-13(2)19-16-9-5-4-7-14(16)11-17-12-15-8-6-10-18-15/h4-5,7,9,13,15,17H,3,6,8,10-12H2,1-2H3/t13-,15-/m0/s1. The van der Waals surface area contributed by atoms with Gasteiger partial charge in [0.15, 0.2) is 0 Å². The minimum atomic E-state index is 0.263. The Morgan fingerprint density at radius 3 is 3.00 bits per heavy atom. The highest BCUT2D eigenvalue weighted by Gasteiger charge is 2.15. The summed E-state index contributed by atoms with van der Waals surface area (Å²) >= 11 is 0. The maximum atomic E-state index is 5.95. The second-order valence-corrected chi connectivity index (χ2v) is 5.21. The zero-order valence-electron chi connectivity index (χ0n) is 12.0. The number of para-hydroxylation sites is 1. The van der Waals surface area contributed by atoms with Crippen LogP contribution in [-0.4, -0.2) is 25.4 Å². The van der Waals surface area contributed by atoms with Gasteiger partial charge in [-0.1, -0.05) is 25.1 Å². The van der Waals surface area contributed by atoms with Gasteiger partial charge in [0.05, 0.1) is 12.2 Å². The van der Waals surface area contributed by atoms with E-state index in [1.165, 1.54) is 18.4 Å². The van der Waals surface area contributed by atoms with Crippen LogP contribution in [0.25, 0.3) is 0 Å². The van der Waals surface area contributed by atoms with E-state index in [-0.39, 0.29) is 6.10 Å². The van der Waals surface area contributed by atoms with Crippen LogP contribution in [0.15, 0.2) is 24.3 Å². The van der Waals surface area contributed by atoms with Crippen molar-refractivity contribution in [3.05, 3.63) is 29.8 Å². The Kier molecular flexibility index (Phi) is 5.67. The summed E-state index contributed by atoms with van der Waals surface area (Å²) in [5.74, 6) is 0.997. The molecule has 0 spiro atoms. The molecule has 2 atom stereocenters. The highest BCUT2D eigenvalue weighted by molar-refractivity contribution is 5.33. The van der Waals surface area contributed by atoms with Crippen LogP contribution in [0.4, 0.5) is 0 Å². The van der Waals surface area contributed by atoms with E-state index < -0.39 is 0 Å². The van der Waals surface area contributed by atoms with E-state index in [1.807, 2.05) is 6.07 Å². The van der Waals surface area contributed by atoms with Crippen molar-refractivity contribution in [3.8, 4) is 5.75 Å². The van der Waals surface area contributed by atoms with Crippen molar-refractivity contribution in [2.45, 2.75) is 51.9 Å². The lowest BCUT2D eigenvalue weighted by Gasteiger charge is -2.17. The van der Waals surface area contributed by atoms with Gasteiger partial charge in [0.1, 0.15) is 5.75 Å². The van der Waals surface area contributed by atoms with Gasteiger partial charge < -0.3 is 14.8 Å². The van der Waals surface area contributed by atoms with Crippen LogP contribution in [0.3, 0.4) is 0 Å². The van der Waals surface area contributed by atoms with E-state index in [0.717, 1.165) is 31.9 Å². The predicted octanol–water partition coefficient (Wildman–Crippen LogP) is 3.13. The summed E-state index contributed by atoms with van der Waals surface area (Å²) in [5, 5.41) is 3.47. The maximum Gasteiger partial charge on any atom is 0.124 e. The van der Waals surface area contributed by atoms with Crippen molar-refractivity contribution < 1.29 is 9.47 Å². The Bertz CT molecular complexity index is 375. The molecule has 1 aromatic rings. The quantitative estimate of drug-likeness (QED) is 0.820. The maximum absolute atomic E-state index is 5.95. The largest absolute Gasteiger partial charge is 0.490 e. The van der Waals surface area contributed by atoms with E-state index in [1.54, 1.807) is 0 Å². The first kappa shape index (κ1) is 14.4. The second kappa shape index (κ2) is 7.51. The third kappa shape index (κ3) is 4.51. The summed E-state index contributed by atoms with van der Waals surface area (Å²) in [5.41, 5.74) is 1.22. The number of hydrogen-bond acceptors (Lipinski definition) is 3. The van der Waals surface area contributed by atoms with Gasteiger partial charge in [0.25, 0.3) is 0 Å². The molecule has 1 N–H and O–H groups in total. The lowest BCUT2D eigenvalue weighted by molar-refractivity contribution is 0.110. The highest BCUT2D eigenvalue weighted by atomic mass is 16.5. The third-order valence-electron chi connectivity index (χ3n) is 3.59. The van der Waals surface area contributed by atoms with Gasteiger partial charge in [-0.25, -0.2) is 0 Å². The van der Waals surface area contributed by atoms with E-state index in [4.69, 9.17) is 9.47 Å². The lowest BCUT2D eigenvalue weighted by Crippen LogP contribution is -2.26. The SMILES string of the molecule is CC[C@H](C)Oc1ccccc1CNC[C@@H]1CCCO1. The van der Waals surface area contributed by atoms with Crippen LogP contribution in [-0.2, 0) is 11.3 Å². The molecular weight excluding hydrogens is 238 g/mol. The van der Waals surface area contributed by atoms with Crippen molar-refractivity contribution in [1.29, 1.82) is 0 Å². The Hall–Kier alpha value is -1.06. The summed E-state index contributed by atoms with van der Waals surface area (Å²) in [6, 6.07) is 8.27. The molecule has 0 aliphatic carbocycles. The molecule has 19 heavy (non-hydrogen) atoms. The fourth-order valence-corrected chi connectivity index (χ4v) is 2.24. The molecule has 1 aliphatic heterocycles. The monoisotopic (exact) mass is 263 g/mol. The second-order valence-electron chi connectivity index (χ2n) is 5.21. The van der Waals surface area contributed by atoms with Crippen LogP contribution in [0.5, 0.6) is 5.75 Å². The van der Waals surface area contributed by atoms with E-state index in [0.29, 0.717) is 6.10 Å². The van der Waals surface area contributed by atoms with Crippen LogP contribution >= 0.6 is 0 Å². The van der Waals surface area contributed by atoms with Crippen molar-refractivity contribution >= 4 is 0 Å². The lowest BCUT2D eigenvalue weighted by atomic mass is 10.2. The van der Waals surface area contributed by atoms with Crippen molar-refractivity contribution in [2.24, 2.45) is 0 Å². The Balaban J connectivity index is 1.84. The Morgan fingerprint density at radius 2 is 2.26 bits per heavy atom. The molecule has 1 aromatic carbocycles. The van der Waals surface area contributed by atoms with Crippen molar-refractivity contribution in [3.63, 3.8) is 0 Å². The molecule has 0 saturated carbocycles. The summed E-state index contributed by atoms with van der Waals surface area (Å²) in [7, 11) is 0. The fraction of sp³-hybridized carbons (Fsp3) is 0.625. The zero-order chi connectivity index (χ0) is 13.5. The molecule has 1 saturated heterocycles. The van der Waals surface area contributed by atoms with Gasteiger partial charge in [-0.15, -0.1) is 0 Å². The smallest absolute Gasteiger partial charge is 0.124 e. The minimum absolute atomic E-state index is 0.263.